The maximum atomic E-state index is 12.5. The standard InChI is InChI=1S/C15H14Cl2N2O2/c1-19(10-3-5-11(21-2)6-4-10)15(20)12-7-9(18)8-13(16)14(12)17/h3-8H,18H2,1-2H3. The lowest BCUT2D eigenvalue weighted by atomic mass is 10.1. The molecule has 21 heavy (non-hydrogen) atoms. The smallest absolute Gasteiger partial charge is 0.259 e. The van der Waals surface area contributed by atoms with Crippen molar-refractivity contribution in [2.24, 2.45) is 0 Å². The first-order valence-corrected chi connectivity index (χ1v) is 6.86. The van der Waals surface area contributed by atoms with Gasteiger partial charge in [-0.3, -0.25) is 4.79 Å². The van der Waals surface area contributed by atoms with Crippen LogP contribution in [0.4, 0.5) is 11.4 Å². The van der Waals surface area contributed by atoms with E-state index in [1.165, 1.54) is 17.0 Å². The number of nitrogens with zero attached hydrogens (tertiary/aromatic N) is 1. The van der Waals surface area contributed by atoms with Gasteiger partial charge in [0.1, 0.15) is 5.75 Å². The summed E-state index contributed by atoms with van der Waals surface area (Å²) < 4.78 is 5.09. The van der Waals surface area contributed by atoms with E-state index in [-0.39, 0.29) is 21.5 Å². The fraction of sp³-hybridized carbons (Fsp3) is 0.133. The molecule has 110 valence electrons. The molecular formula is C15H14Cl2N2O2. The minimum atomic E-state index is -0.292. The zero-order valence-corrected chi connectivity index (χ0v) is 13.1. The third-order valence-electron chi connectivity index (χ3n) is 3.05. The maximum Gasteiger partial charge on any atom is 0.259 e. The van der Waals surface area contributed by atoms with Gasteiger partial charge in [0.05, 0.1) is 22.7 Å². The fourth-order valence-electron chi connectivity index (χ4n) is 1.87. The van der Waals surface area contributed by atoms with Crippen LogP contribution >= 0.6 is 23.2 Å². The van der Waals surface area contributed by atoms with Gasteiger partial charge in [0.25, 0.3) is 5.91 Å². The number of hydrogen-bond donors (Lipinski definition) is 1. The molecule has 0 saturated carbocycles. The van der Waals surface area contributed by atoms with Gasteiger partial charge in [0.2, 0.25) is 0 Å². The molecule has 6 heteroatoms. The van der Waals surface area contributed by atoms with Crippen LogP contribution in [0.2, 0.25) is 10.0 Å². The molecule has 0 fully saturated rings. The van der Waals surface area contributed by atoms with Crippen molar-refractivity contribution in [3.05, 3.63) is 52.0 Å². The van der Waals surface area contributed by atoms with E-state index in [1.54, 1.807) is 38.4 Å². The van der Waals surface area contributed by atoms with E-state index < -0.39 is 0 Å². The summed E-state index contributed by atoms with van der Waals surface area (Å²) in [6, 6.07) is 10.1. The molecule has 0 aromatic heterocycles. The number of rotatable bonds is 3. The summed E-state index contributed by atoms with van der Waals surface area (Å²) in [4.78, 5) is 14.0. The predicted molar refractivity (Wildman–Crippen MR) is 86.6 cm³/mol. The van der Waals surface area contributed by atoms with Crippen molar-refractivity contribution >= 4 is 40.5 Å². The normalized spacial score (nSPS) is 10.3. The Labute approximate surface area is 133 Å². The molecule has 0 radical (unpaired) electrons. The van der Waals surface area contributed by atoms with Crippen LogP contribution in [0, 0.1) is 0 Å². The zero-order valence-electron chi connectivity index (χ0n) is 11.6. The van der Waals surface area contributed by atoms with E-state index in [2.05, 4.69) is 0 Å². The highest BCUT2D eigenvalue weighted by Gasteiger charge is 2.19. The van der Waals surface area contributed by atoms with Crippen LogP contribution in [0.15, 0.2) is 36.4 Å². The first-order valence-electron chi connectivity index (χ1n) is 6.10. The van der Waals surface area contributed by atoms with Crippen LogP contribution in [-0.2, 0) is 0 Å². The van der Waals surface area contributed by atoms with Crippen molar-refractivity contribution in [2.45, 2.75) is 0 Å². The second kappa shape index (κ2) is 6.24. The fourth-order valence-corrected chi connectivity index (χ4v) is 2.29. The van der Waals surface area contributed by atoms with Gasteiger partial charge in [-0.2, -0.15) is 0 Å². The van der Waals surface area contributed by atoms with Crippen LogP contribution in [0.5, 0.6) is 5.75 Å². The zero-order chi connectivity index (χ0) is 15.6. The molecule has 0 aliphatic heterocycles. The van der Waals surface area contributed by atoms with E-state index in [4.69, 9.17) is 33.7 Å². The number of carbonyl (C=O) groups is 1. The van der Waals surface area contributed by atoms with Gasteiger partial charge < -0.3 is 15.4 Å². The summed E-state index contributed by atoms with van der Waals surface area (Å²) in [6.07, 6.45) is 0. The van der Waals surface area contributed by atoms with Gasteiger partial charge in [-0.05, 0) is 36.4 Å². The maximum absolute atomic E-state index is 12.5. The van der Waals surface area contributed by atoms with Crippen LogP contribution in [0.25, 0.3) is 0 Å². The van der Waals surface area contributed by atoms with Gasteiger partial charge >= 0.3 is 0 Å². The molecule has 0 aliphatic carbocycles. The first-order chi connectivity index (χ1) is 9.93. The van der Waals surface area contributed by atoms with E-state index in [0.717, 1.165) is 0 Å². The number of amides is 1. The van der Waals surface area contributed by atoms with Crippen molar-refractivity contribution in [3.8, 4) is 5.75 Å². The Kier molecular flexibility index (Phi) is 4.60. The molecule has 2 N–H and O–H groups in total. The molecule has 0 spiro atoms. The van der Waals surface area contributed by atoms with Crippen molar-refractivity contribution in [1.29, 1.82) is 0 Å². The van der Waals surface area contributed by atoms with Crippen LogP contribution in [-0.4, -0.2) is 20.1 Å². The average molecular weight is 325 g/mol. The number of benzene rings is 2. The van der Waals surface area contributed by atoms with Crippen molar-refractivity contribution in [3.63, 3.8) is 0 Å². The largest absolute Gasteiger partial charge is 0.497 e. The number of nitrogen functional groups attached to an aromatic ring is 1. The Hall–Kier alpha value is -1.91. The summed E-state index contributed by atoms with van der Waals surface area (Å²) >= 11 is 12.0. The minimum absolute atomic E-state index is 0.191. The Morgan fingerprint density at radius 3 is 2.38 bits per heavy atom. The molecule has 2 rings (SSSR count). The lowest BCUT2D eigenvalue weighted by Crippen LogP contribution is -2.26. The minimum Gasteiger partial charge on any atom is -0.497 e. The molecular weight excluding hydrogens is 311 g/mol. The topological polar surface area (TPSA) is 55.6 Å². The molecule has 2 aromatic carbocycles. The number of carbonyl (C=O) groups excluding carboxylic acids is 1. The van der Waals surface area contributed by atoms with E-state index >= 15 is 0 Å². The summed E-state index contributed by atoms with van der Waals surface area (Å²) in [6.45, 7) is 0. The molecule has 0 saturated heterocycles. The molecule has 0 bridgehead atoms. The Morgan fingerprint density at radius 2 is 1.81 bits per heavy atom. The third-order valence-corrected chi connectivity index (χ3v) is 3.85. The van der Waals surface area contributed by atoms with Gasteiger partial charge in [-0.1, -0.05) is 23.2 Å². The second-order valence-electron chi connectivity index (χ2n) is 4.43. The number of anilines is 2. The Morgan fingerprint density at radius 1 is 1.19 bits per heavy atom. The van der Waals surface area contributed by atoms with E-state index in [1.807, 2.05) is 0 Å². The number of hydrogen-bond acceptors (Lipinski definition) is 3. The van der Waals surface area contributed by atoms with E-state index in [9.17, 15) is 4.79 Å². The summed E-state index contributed by atoms with van der Waals surface area (Å²) in [5.41, 5.74) is 7.07. The monoisotopic (exact) mass is 324 g/mol. The summed E-state index contributed by atoms with van der Waals surface area (Å²) in [5.74, 6) is 0.420. The molecule has 0 aliphatic rings. The van der Waals surface area contributed by atoms with Gasteiger partial charge in [-0.15, -0.1) is 0 Å². The number of methoxy groups -OCH3 is 1. The molecule has 0 atom stereocenters. The van der Waals surface area contributed by atoms with Gasteiger partial charge in [-0.25, -0.2) is 0 Å². The summed E-state index contributed by atoms with van der Waals surface area (Å²) in [7, 11) is 3.23. The highest BCUT2D eigenvalue weighted by atomic mass is 35.5. The van der Waals surface area contributed by atoms with Crippen LogP contribution < -0.4 is 15.4 Å². The van der Waals surface area contributed by atoms with E-state index in [0.29, 0.717) is 17.1 Å². The summed E-state index contributed by atoms with van der Waals surface area (Å²) in [5, 5.41) is 0.444. The van der Waals surface area contributed by atoms with Crippen molar-refractivity contribution in [2.75, 3.05) is 24.8 Å². The SMILES string of the molecule is COc1ccc(N(C)C(=O)c2cc(N)cc(Cl)c2Cl)cc1. The van der Waals surface area contributed by atoms with Crippen molar-refractivity contribution in [1.82, 2.24) is 0 Å². The molecule has 0 unspecified atom stereocenters. The first kappa shape index (κ1) is 15.5. The Bertz CT molecular complexity index is 672. The van der Waals surface area contributed by atoms with Crippen molar-refractivity contribution < 1.29 is 9.53 Å². The molecule has 1 amide bonds. The third kappa shape index (κ3) is 3.23. The highest BCUT2D eigenvalue weighted by molar-refractivity contribution is 6.44. The lowest BCUT2D eigenvalue weighted by Gasteiger charge is -2.19. The highest BCUT2D eigenvalue weighted by Crippen LogP contribution is 2.30. The molecule has 4 nitrogen and oxygen atoms in total. The van der Waals surface area contributed by atoms with Crippen LogP contribution in [0.3, 0.4) is 0 Å². The number of nitrogens with two attached hydrogens (primary N) is 1. The predicted octanol–water partition coefficient (Wildman–Crippen LogP) is 3.86. The van der Waals surface area contributed by atoms with Crippen LogP contribution in [0.1, 0.15) is 10.4 Å². The average Bonchev–Trinajstić information content (AvgIpc) is 2.49. The van der Waals surface area contributed by atoms with Gasteiger partial charge in [0.15, 0.2) is 0 Å². The molecule has 0 heterocycles. The Balaban J connectivity index is 2.34. The lowest BCUT2D eigenvalue weighted by molar-refractivity contribution is 0.0993. The number of halogens is 2. The number of ether oxygens (including phenoxy) is 1. The van der Waals surface area contributed by atoms with Gasteiger partial charge in [0, 0.05) is 18.4 Å². The quantitative estimate of drug-likeness (QED) is 0.872. The second-order valence-corrected chi connectivity index (χ2v) is 5.21. The molecule has 2 aromatic rings.